The summed E-state index contributed by atoms with van der Waals surface area (Å²) in [5.41, 5.74) is 5.11. The highest BCUT2D eigenvalue weighted by Crippen LogP contribution is 2.29. The maximum Gasteiger partial charge on any atom is 0.253 e. The lowest BCUT2D eigenvalue weighted by Gasteiger charge is -2.36. The number of piperazine rings is 1. The van der Waals surface area contributed by atoms with Gasteiger partial charge in [0.15, 0.2) is 5.82 Å². The molecule has 6 heteroatoms. The van der Waals surface area contributed by atoms with Gasteiger partial charge in [-0.3, -0.25) is 9.78 Å². The minimum Gasteiger partial charge on any atom is -0.368 e. The van der Waals surface area contributed by atoms with Crippen LogP contribution in [0.1, 0.15) is 28.8 Å². The van der Waals surface area contributed by atoms with E-state index in [0.717, 1.165) is 61.9 Å². The Balaban J connectivity index is 1.27. The van der Waals surface area contributed by atoms with Gasteiger partial charge in [-0.2, -0.15) is 0 Å². The molecule has 0 saturated carbocycles. The molecule has 6 nitrogen and oxygen atoms in total. The molecule has 164 valence electrons. The molecule has 2 fully saturated rings. The van der Waals surface area contributed by atoms with Crippen molar-refractivity contribution < 1.29 is 4.79 Å². The van der Waals surface area contributed by atoms with Crippen molar-refractivity contribution in [1.82, 2.24) is 14.9 Å². The van der Waals surface area contributed by atoms with Gasteiger partial charge in [-0.15, -0.1) is 0 Å². The second-order valence-electron chi connectivity index (χ2n) is 8.62. The molecule has 2 aliphatic rings. The summed E-state index contributed by atoms with van der Waals surface area (Å²) in [5.74, 6) is 1.04. The maximum absolute atomic E-state index is 13.1. The third-order valence-electron chi connectivity index (χ3n) is 6.42. The number of aromatic nitrogens is 2. The van der Waals surface area contributed by atoms with Crippen molar-refractivity contribution in [2.45, 2.75) is 19.8 Å². The second kappa shape index (κ2) is 8.99. The van der Waals surface area contributed by atoms with E-state index in [2.05, 4.69) is 51.0 Å². The summed E-state index contributed by atoms with van der Waals surface area (Å²) >= 11 is 0. The lowest BCUT2D eigenvalue weighted by Crippen LogP contribution is -2.48. The number of hydrogen-bond donors (Lipinski definition) is 0. The summed E-state index contributed by atoms with van der Waals surface area (Å²) < 4.78 is 0. The van der Waals surface area contributed by atoms with Crippen LogP contribution in [0, 0.1) is 6.92 Å². The zero-order chi connectivity index (χ0) is 21.9. The van der Waals surface area contributed by atoms with E-state index in [-0.39, 0.29) is 5.91 Å². The predicted octanol–water partition coefficient (Wildman–Crippen LogP) is 4.01. The first-order chi connectivity index (χ1) is 15.7. The van der Waals surface area contributed by atoms with Crippen molar-refractivity contribution >= 4 is 17.4 Å². The molecule has 2 saturated heterocycles. The average Bonchev–Trinajstić information content (AvgIpc) is 3.39. The molecule has 32 heavy (non-hydrogen) atoms. The van der Waals surface area contributed by atoms with Crippen LogP contribution in [0.25, 0.3) is 11.3 Å². The van der Waals surface area contributed by atoms with Gasteiger partial charge in [0.05, 0.1) is 0 Å². The van der Waals surface area contributed by atoms with E-state index in [0.29, 0.717) is 0 Å². The Bertz CT molecular complexity index is 1080. The largest absolute Gasteiger partial charge is 0.368 e. The molecule has 1 aromatic heterocycles. The number of rotatable bonds is 4. The Kier molecular flexibility index (Phi) is 5.75. The van der Waals surface area contributed by atoms with Gasteiger partial charge in [0.2, 0.25) is 0 Å². The highest BCUT2D eigenvalue weighted by Gasteiger charge is 2.23. The number of nitrogens with zero attached hydrogens (tertiary/aromatic N) is 5. The van der Waals surface area contributed by atoms with Crippen molar-refractivity contribution in [3.63, 3.8) is 0 Å². The molecular weight excluding hydrogens is 398 g/mol. The molecule has 3 aromatic rings. The lowest BCUT2D eigenvalue weighted by atomic mass is 10.1. The van der Waals surface area contributed by atoms with Gasteiger partial charge in [0, 0.05) is 68.5 Å². The Labute approximate surface area is 189 Å². The molecule has 2 aromatic carbocycles. The van der Waals surface area contributed by atoms with Crippen molar-refractivity contribution in [2.24, 2.45) is 0 Å². The molecule has 3 heterocycles. The zero-order valence-electron chi connectivity index (χ0n) is 18.6. The zero-order valence-corrected chi connectivity index (χ0v) is 18.6. The van der Waals surface area contributed by atoms with Crippen molar-refractivity contribution in [1.29, 1.82) is 0 Å². The first-order valence-corrected chi connectivity index (χ1v) is 11.5. The van der Waals surface area contributed by atoms with Crippen molar-refractivity contribution in [3.8, 4) is 11.3 Å². The third kappa shape index (κ3) is 4.17. The van der Waals surface area contributed by atoms with Crippen LogP contribution in [-0.4, -0.2) is 60.0 Å². The Morgan fingerprint density at radius 3 is 2.25 bits per heavy atom. The molecule has 0 atom stereocenters. The van der Waals surface area contributed by atoms with E-state index in [1.165, 1.54) is 24.1 Å². The van der Waals surface area contributed by atoms with Crippen LogP contribution in [-0.2, 0) is 0 Å². The minimum atomic E-state index is 0.0966. The van der Waals surface area contributed by atoms with E-state index < -0.39 is 0 Å². The molecule has 0 N–H and O–H groups in total. The highest BCUT2D eigenvalue weighted by atomic mass is 16.2. The summed E-state index contributed by atoms with van der Waals surface area (Å²) in [6.07, 6.45) is 5.88. The quantitative estimate of drug-likeness (QED) is 0.630. The summed E-state index contributed by atoms with van der Waals surface area (Å²) in [6, 6.07) is 16.4. The Morgan fingerprint density at radius 1 is 0.812 bits per heavy atom. The average molecular weight is 428 g/mol. The summed E-state index contributed by atoms with van der Waals surface area (Å²) in [7, 11) is 0. The Hall–Kier alpha value is -3.41. The molecular formula is C26H29N5O. The van der Waals surface area contributed by atoms with Crippen LogP contribution in [0.15, 0.2) is 60.9 Å². The maximum atomic E-state index is 13.1. The fourth-order valence-corrected chi connectivity index (χ4v) is 4.64. The summed E-state index contributed by atoms with van der Waals surface area (Å²) in [4.78, 5) is 28.9. The van der Waals surface area contributed by atoms with Crippen LogP contribution in [0.3, 0.4) is 0 Å². The minimum absolute atomic E-state index is 0.0966. The topological polar surface area (TPSA) is 52.6 Å². The molecule has 2 aliphatic heterocycles. The SMILES string of the molecule is Cc1cccc(N2CCN(C(=O)c3ccc(-c4nccnc4N4CCCC4)cc3)CC2)c1. The summed E-state index contributed by atoms with van der Waals surface area (Å²) in [6.45, 7) is 7.34. The fraction of sp³-hybridized carbons (Fsp3) is 0.346. The second-order valence-corrected chi connectivity index (χ2v) is 8.62. The van der Waals surface area contributed by atoms with Crippen molar-refractivity contribution in [3.05, 3.63) is 72.1 Å². The Morgan fingerprint density at radius 2 is 1.53 bits per heavy atom. The number of hydrogen-bond acceptors (Lipinski definition) is 5. The number of carbonyl (C=O) groups is 1. The molecule has 5 rings (SSSR count). The fourth-order valence-electron chi connectivity index (χ4n) is 4.64. The smallest absolute Gasteiger partial charge is 0.253 e. The molecule has 0 bridgehead atoms. The van der Waals surface area contributed by atoms with Crippen LogP contribution in [0.2, 0.25) is 0 Å². The standard InChI is InChI=1S/C26H29N5O/c1-20-5-4-6-23(19-20)29-15-17-31(18-16-29)26(32)22-9-7-21(8-10-22)24-25(28-12-11-27-24)30-13-2-3-14-30/h4-12,19H,2-3,13-18H2,1H3. The number of carbonyl (C=O) groups excluding carboxylic acids is 1. The highest BCUT2D eigenvalue weighted by molar-refractivity contribution is 5.95. The number of aryl methyl sites for hydroxylation is 1. The number of benzene rings is 2. The van der Waals surface area contributed by atoms with Gasteiger partial charge in [-0.1, -0.05) is 24.3 Å². The van der Waals surface area contributed by atoms with E-state index in [1.54, 1.807) is 12.4 Å². The number of amides is 1. The van der Waals surface area contributed by atoms with Gasteiger partial charge in [0.25, 0.3) is 5.91 Å². The lowest BCUT2D eigenvalue weighted by molar-refractivity contribution is 0.0747. The van der Waals surface area contributed by atoms with Gasteiger partial charge >= 0.3 is 0 Å². The van der Waals surface area contributed by atoms with Crippen LogP contribution in [0.4, 0.5) is 11.5 Å². The summed E-state index contributed by atoms with van der Waals surface area (Å²) in [5, 5.41) is 0. The molecule has 0 unspecified atom stereocenters. The van der Waals surface area contributed by atoms with Crippen molar-refractivity contribution in [2.75, 3.05) is 49.1 Å². The number of anilines is 2. The normalized spacial score (nSPS) is 16.5. The van der Waals surface area contributed by atoms with E-state index in [4.69, 9.17) is 0 Å². The first-order valence-electron chi connectivity index (χ1n) is 11.5. The van der Waals surface area contributed by atoms with Gasteiger partial charge in [-0.25, -0.2) is 4.98 Å². The van der Waals surface area contributed by atoms with Gasteiger partial charge in [-0.05, 0) is 49.6 Å². The molecule has 0 spiro atoms. The molecule has 1 amide bonds. The molecule has 0 aliphatic carbocycles. The predicted molar refractivity (Wildman–Crippen MR) is 128 cm³/mol. The van der Waals surface area contributed by atoms with Gasteiger partial charge in [0.1, 0.15) is 5.69 Å². The van der Waals surface area contributed by atoms with E-state index in [9.17, 15) is 4.79 Å². The van der Waals surface area contributed by atoms with Crippen LogP contribution < -0.4 is 9.80 Å². The molecule has 0 radical (unpaired) electrons. The van der Waals surface area contributed by atoms with Crippen LogP contribution >= 0.6 is 0 Å². The monoisotopic (exact) mass is 427 g/mol. The van der Waals surface area contributed by atoms with E-state index >= 15 is 0 Å². The van der Waals surface area contributed by atoms with Gasteiger partial charge < -0.3 is 14.7 Å². The van der Waals surface area contributed by atoms with E-state index in [1.807, 2.05) is 29.2 Å². The third-order valence-corrected chi connectivity index (χ3v) is 6.42. The first kappa shape index (κ1) is 20.5. The van der Waals surface area contributed by atoms with Crippen LogP contribution in [0.5, 0.6) is 0 Å².